The highest BCUT2D eigenvalue weighted by molar-refractivity contribution is 5.70. The van der Waals surface area contributed by atoms with E-state index >= 15 is 0 Å². The van der Waals surface area contributed by atoms with Crippen molar-refractivity contribution in [2.45, 2.75) is 25.0 Å². The lowest BCUT2D eigenvalue weighted by atomic mass is 9.91. The average Bonchev–Trinajstić information content (AvgIpc) is 3.01. The molecule has 0 unspecified atom stereocenters. The fraction of sp³-hybridized carbons (Fsp3) is 0.429. The normalized spacial score (nSPS) is 19.0. The van der Waals surface area contributed by atoms with Gasteiger partial charge in [-0.2, -0.15) is 0 Å². The summed E-state index contributed by atoms with van der Waals surface area (Å²) in [6, 6.07) is 13.6. The minimum atomic E-state index is -0.374. The molecule has 1 amide bonds. The Morgan fingerprint density at radius 1 is 1.14 bits per heavy atom. The molecule has 2 saturated heterocycles. The number of anilines is 1. The van der Waals surface area contributed by atoms with E-state index in [4.69, 9.17) is 15.2 Å². The number of nitrogen functional groups attached to an aromatic ring is 1. The molecule has 2 N–H and O–H groups in total. The third kappa shape index (κ3) is 4.20. The van der Waals surface area contributed by atoms with Gasteiger partial charge in [0, 0.05) is 44.2 Å². The number of rotatable bonds is 6. The van der Waals surface area contributed by atoms with E-state index in [1.54, 1.807) is 11.1 Å². The molecule has 1 aromatic heterocycles. The number of para-hydroxylation sites is 1. The van der Waals surface area contributed by atoms with Crippen molar-refractivity contribution in [1.82, 2.24) is 14.8 Å². The van der Waals surface area contributed by atoms with E-state index in [-0.39, 0.29) is 11.7 Å². The minimum Gasteiger partial charge on any atom is -0.492 e. The molecule has 7 heteroatoms. The molecule has 0 bridgehead atoms. The summed E-state index contributed by atoms with van der Waals surface area (Å²) < 4.78 is 11.5. The minimum absolute atomic E-state index is 0.235. The zero-order chi connectivity index (χ0) is 19.4. The van der Waals surface area contributed by atoms with Crippen LogP contribution >= 0.6 is 0 Å². The van der Waals surface area contributed by atoms with Gasteiger partial charge in [-0.15, -0.1) is 0 Å². The molecule has 3 heterocycles. The van der Waals surface area contributed by atoms with E-state index in [9.17, 15) is 4.79 Å². The molecule has 4 rings (SSSR count). The summed E-state index contributed by atoms with van der Waals surface area (Å²) in [5, 5.41) is 0. The third-order valence-electron chi connectivity index (χ3n) is 5.50. The molecule has 28 heavy (non-hydrogen) atoms. The summed E-state index contributed by atoms with van der Waals surface area (Å²) >= 11 is 0. The smallest absolute Gasteiger partial charge is 0.410 e. The summed E-state index contributed by atoms with van der Waals surface area (Å²) in [7, 11) is 0. The number of carbonyl (C=O) groups excluding carboxylic acids is 1. The monoisotopic (exact) mass is 382 g/mol. The number of carbonyl (C=O) groups is 1. The van der Waals surface area contributed by atoms with Gasteiger partial charge in [0.2, 0.25) is 0 Å². The number of likely N-dealkylation sites (tertiary alicyclic amines) is 1. The van der Waals surface area contributed by atoms with Gasteiger partial charge < -0.3 is 20.1 Å². The fourth-order valence-electron chi connectivity index (χ4n) is 3.86. The predicted octanol–water partition coefficient (Wildman–Crippen LogP) is 2.53. The van der Waals surface area contributed by atoms with E-state index in [1.165, 1.54) is 0 Å². The Morgan fingerprint density at radius 3 is 2.68 bits per heavy atom. The van der Waals surface area contributed by atoms with Crippen molar-refractivity contribution < 1.29 is 14.3 Å². The van der Waals surface area contributed by atoms with Crippen LogP contribution in [-0.2, 0) is 11.3 Å². The Labute approximate surface area is 165 Å². The van der Waals surface area contributed by atoms with Crippen LogP contribution in [0.5, 0.6) is 5.75 Å². The highest BCUT2D eigenvalue weighted by Gasteiger charge is 2.46. The van der Waals surface area contributed by atoms with E-state index in [1.807, 2.05) is 42.5 Å². The molecular formula is C21H26N4O3. The van der Waals surface area contributed by atoms with Gasteiger partial charge in [-0.3, -0.25) is 4.90 Å². The first-order valence-electron chi connectivity index (χ1n) is 9.71. The number of pyridine rings is 1. The number of hydrogen-bond acceptors (Lipinski definition) is 6. The largest absolute Gasteiger partial charge is 0.492 e. The van der Waals surface area contributed by atoms with Gasteiger partial charge in [0.15, 0.2) is 0 Å². The topological polar surface area (TPSA) is 80.9 Å². The number of ether oxygens (including phenoxy) is 2. The molecule has 2 aromatic rings. The number of amides is 1. The summed E-state index contributed by atoms with van der Waals surface area (Å²) in [4.78, 5) is 20.6. The van der Waals surface area contributed by atoms with E-state index in [0.717, 1.165) is 43.8 Å². The molecule has 2 aliphatic heterocycles. The highest BCUT2D eigenvalue weighted by Crippen LogP contribution is 2.33. The standard InChI is InChI=1S/C21H26N4O3/c22-19-17(5-4-10-23-19)15-24-11-8-21(9-12-24)16-25(20(26)28-21)13-14-27-18-6-2-1-3-7-18/h1-7,10H,8-9,11-16H2,(H2,22,23). The Kier molecular flexibility index (Phi) is 5.34. The molecule has 0 radical (unpaired) electrons. The zero-order valence-corrected chi connectivity index (χ0v) is 15.9. The first kappa shape index (κ1) is 18.6. The van der Waals surface area contributed by atoms with Gasteiger partial charge in [0.25, 0.3) is 0 Å². The molecular weight excluding hydrogens is 356 g/mol. The average molecular weight is 382 g/mol. The lowest BCUT2D eigenvalue weighted by molar-refractivity contribution is -0.00121. The second kappa shape index (κ2) is 8.06. The Morgan fingerprint density at radius 2 is 1.93 bits per heavy atom. The lowest BCUT2D eigenvalue weighted by Crippen LogP contribution is -2.46. The van der Waals surface area contributed by atoms with Crippen molar-refractivity contribution >= 4 is 11.9 Å². The van der Waals surface area contributed by atoms with Gasteiger partial charge in [-0.25, -0.2) is 9.78 Å². The van der Waals surface area contributed by atoms with Gasteiger partial charge in [-0.1, -0.05) is 24.3 Å². The van der Waals surface area contributed by atoms with Gasteiger partial charge >= 0.3 is 6.09 Å². The SMILES string of the molecule is Nc1ncccc1CN1CCC2(CC1)CN(CCOc1ccccc1)C(=O)O2. The molecule has 1 aromatic carbocycles. The Bertz CT molecular complexity index is 806. The molecule has 2 aliphatic rings. The van der Waals surface area contributed by atoms with Crippen molar-refractivity contribution in [2.24, 2.45) is 0 Å². The third-order valence-corrected chi connectivity index (χ3v) is 5.50. The van der Waals surface area contributed by atoms with Crippen molar-refractivity contribution in [2.75, 3.05) is 38.5 Å². The molecule has 7 nitrogen and oxygen atoms in total. The van der Waals surface area contributed by atoms with Crippen LogP contribution in [0.2, 0.25) is 0 Å². The summed E-state index contributed by atoms with van der Waals surface area (Å²) in [5.74, 6) is 1.40. The van der Waals surface area contributed by atoms with Crippen LogP contribution in [-0.4, -0.2) is 59.3 Å². The van der Waals surface area contributed by atoms with Gasteiger partial charge in [0.1, 0.15) is 23.8 Å². The van der Waals surface area contributed by atoms with Crippen LogP contribution in [0.15, 0.2) is 48.7 Å². The van der Waals surface area contributed by atoms with Crippen LogP contribution in [0, 0.1) is 0 Å². The lowest BCUT2D eigenvalue weighted by Gasteiger charge is -2.37. The quantitative estimate of drug-likeness (QED) is 0.827. The Balaban J connectivity index is 1.26. The van der Waals surface area contributed by atoms with Crippen LogP contribution in [0.1, 0.15) is 18.4 Å². The molecule has 0 saturated carbocycles. The number of benzene rings is 1. The maximum Gasteiger partial charge on any atom is 0.410 e. The predicted molar refractivity (Wildman–Crippen MR) is 106 cm³/mol. The molecule has 2 fully saturated rings. The number of piperidine rings is 1. The van der Waals surface area contributed by atoms with Gasteiger partial charge in [-0.05, 0) is 18.2 Å². The number of nitrogens with two attached hydrogens (primary N) is 1. The first-order chi connectivity index (χ1) is 13.6. The van der Waals surface area contributed by atoms with E-state index in [2.05, 4.69) is 9.88 Å². The van der Waals surface area contributed by atoms with Crippen LogP contribution in [0.25, 0.3) is 0 Å². The number of nitrogens with zero attached hydrogens (tertiary/aromatic N) is 3. The van der Waals surface area contributed by atoms with Crippen LogP contribution < -0.4 is 10.5 Å². The summed E-state index contributed by atoms with van der Waals surface area (Å²) in [6.07, 6.45) is 3.13. The fourth-order valence-corrected chi connectivity index (χ4v) is 3.86. The highest BCUT2D eigenvalue weighted by atomic mass is 16.6. The van der Waals surface area contributed by atoms with E-state index in [0.29, 0.717) is 25.5 Å². The molecule has 0 atom stereocenters. The van der Waals surface area contributed by atoms with Crippen LogP contribution in [0.3, 0.4) is 0 Å². The maximum absolute atomic E-state index is 12.3. The van der Waals surface area contributed by atoms with E-state index < -0.39 is 0 Å². The van der Waals surface area contributed by atoms with Crippen molar-refractivity contribution in [1.29, 1.82) is 0 Å². The molecule has 0 aliphatic carbocycles. The van der Waals surface area contributed by atoms with Crippen molar-refractivity contribution in [3.8, 4) is 5.75 Å². The first-order valence-corrected chi connectivity index (χ1v) is 9.71. The zero-order valence-electron chi connectivity index (χ0n) is 15.9. The number of hydrogen-bond donors (Lipinski definition) is 1. The van der Waals surface area contributed by atoms with Crippen LogP contribution in [0.4, 0.5) is 10.6 Å². The molecule has 1 spiro atoms. The Hall–Kier alpha value is -2.80. The molecule has 148 valence electrons. The summed E-state index contributed by atoms with van der Waals surface area (Å²) in [5.41, 5.74) is 6.62. The van der Waals surface area contributed by atoms with Gasteiger partial charge in [0.05, 0.1) is 13.1 Å². The van der Waals surface area contributed by atoms with Crippen molar-refractivity contribution in [3.63, 3.8) is 0 Å². The second-order valence-electron chi connectivity index (χ2n) is 7.46. The number of aromatic nitrogens is 1. The summed E-state index contributed by atoms with van der Waals surface area (Å²) in [6.45, 7) is 4.14. The second-order valence-corrected chi connectivity index (χ2v) is 7.46. The van der Waals surface area contributed by atoms with Crippen molar-refractivity contribution in [3.05, 3.63) is 54.2 Å². The maximum atomic E-state index is 12.3.